The quantitative estimate of drug-likeness (QED) is 0.503. The molecule has 0 amide bonds. The molecular formula is C7H6N2O2. The second-order valence-corrected chi connectivity index (χ2v) is 2.25. The fourth-order valence-corrected chi connectivity index (χ4v) is 0.998. The number of nitrogens with zero attached hydrogens (tertiary/aromatic N) is 2. The summed E-state index contributed by atoms with van der Waals surface area (Å²) in [4.78, 5) is 16.1. The van der Waals surface area contributed by atoms with Gasteiger partial charge in [0.05, 0.1) is 6.54 Å². The van der Waals surface area contributed by atoms with E-state index in [1.165, 1.54) is 6.26 Å². The van der Waals surface area contributed by atoms with E-state index in [0.717, 1.165) is 6.29 Å². The molecule has 0 unspecified atom stereocenters. The first-order valence-corrected chi connectivity index (χ1v) is 3.22. The Morgan fingerprint density at radius 2 is 2.64 bits per heavy atom. The highest BCUT2D eigenvalue weighted by atomic mass is 16.5. The fourth-order valence-electron chi connectivity index (χ4n) is 0.998. The van der Waals surface area contributed by atoms with Crippen LogP contribution in [0.5, 0.6) is 0 Å². The molecule has 4 heteroatoms. The lowest BCUT2D eigenvalue weighted by atomic mass is 10.4. The Bertz CT molecular complexity index is 278. The zero-order valence-corrected chi connectivity index (χ0v) is 5.73. The Morgan fingerprint density at radius 1 is 1.73 bits per heavy atom. The van der Waals surface area contributed by atoms with Crippen LogP contribution < -0.4 is 0 Å². The molecule has 0 atom stereocenters. The van der Waals surface area contributed by atoms with Gasteiger partial charge < -0.3 is 9.64 Å². The molecule has 0 spiro atoms. The van der Waals surface area contributed by atoms with Crippen LogP contribution in [0.4, 0.5) is 0 Å². The molecule has 0 aromatic rings. The Hall–Kier alpha value is -1.58. The van der Waals surface area contributed by atoms with Gasteiger partial charge in [0.2, 0.25) is 0 Å². The minimum absolute atomic E-state index is 0.534. The number of hydrogen-bond donors (Lipinski definition) is 0. The first-order chi connectivity index (χ1) is 5.40. The van der Waals surface area contributed by atoms with Gasteiger partial charge in [0, 0.05) is 6.20 Å². The maximum absolute atomic E-state index is 10.3. The molecule has 0 bridgehead atoms. The highest BCUT2D eigenvalue weighted by molar-refractivity contribution is 6.30. The summed E-state index contributed by atoms with van der Waals surface area (Å²) in [5, 5.41) is 0. The van der Waals surface area contributed by atoms with Crippen molar-refractivity contribution in [1.82, 2.24) is 4.90 Å². The molecule has 2 rings (SSSR count). The lowest BCUT2D eigenvalue weighted by Gasteiger charge is -2.14. The van der Waals surface area contributed by atoms with Gasteiger partial charge in [0.15, 0.2) is 12.1 Å². The minimum Gasteiger partial charge on any atom is -0.467 e. The molecule has 0 fully saturated rings. The molecule has 0 aliphatic carbocycles. The van der Waals surface area contributed by atoms with Gasteiger partial charge in [-0.05, 0) is 0 Å². The summed E-state index contributed by atoms with van der Waals surface area (Å²) in [6, 6.07) is 0. The van der Waals surface area contributed by atoms with Crippen molar-refractivity contribution in [2.24, 2.45) is 4.99 Å². The van der Waals surface area contributed by atoms with Crippen LogP contribution in [0.25, 0.3) is 0 Å². The van der Waals surface area contributed by atoms with Gasteiger partial charge in [0.1, 0.15) is 18.2 Å². The third-order valence-electron chi connectivity index (χ3n) is 1.51. The molecule has 2 aliphatic rings. The van der Waals surface area contributed by atoms with Crippen molar-refractivity contribution in [3.8, 4) is 0 Å². The van der Waals surface area contributed by atoms with E-state index in [4.69, 9.17) is 4.74 Å². The Morgan fingerprint density at radius 3 is 3.36 bits per heavy atom. The lowest BCUT2D eigenvalue weighted by molar-refractivity contribution is -0.102. The Balaban J connectivity index is 2.27. The van der Waals surface area contributed by atoms with Gasteiger partial charge in [-0.25, -0.2) is 4.99 Å². The zero-order valence-electron chi connectivity index (χ0n) is 5.73. The molecule has 2 aliphatic heterocycles. The number of carbonyl (C=O) groups is 1. The van der Waals surface area contributed by atoms with E-state index in [1.807, 2.05) is 4.90 Å². The summed E-state index contributed by atoms with van der Waals surface area (Å²) in [6.07, 6.45) is 5.56. The van der Waals surface area contributed by atoms with E-state index >= 15 is 0 Å². The molecule has 0 saturated carbocycles. The molecule has 2 heterocycles. The molecule has 0 aromatic carbocycles. The number of aliphatic imine (C=N–C) groups is 1. The van der Waals surface area contributed by atoms with Crippen molar-refractivity contribution in [2.75, 3.05) is 6.54 Å². The summed E-state index contributed by atoms with van der Waals surface area (Å²) >= 11 is 0. The fraction of sp³-hybridized carbons (Fsp3) is 0.143. The van der Waals surface area contributed by atoms with E-state index in [0.29, 0.717) is 18.1 Å². The molecule has 0 aromatic heterocycles. The maximum atomic E-state index is 10.3. The first-order valence-electron chi connectivity index (χ1n) is 3.22. The van der Waals surface area contributed by atoms with Crippen LogP contribution in [-0.4, -0.2) is 23.4 Å². The number of ether oxygens (including phenoxy) is 1. The molecule has 0 N–H and O–H groups in total. The monoisotopic (exact) mass is 150 g/mol. The van der Waals surface area contributed by atoms with E-state index in [1.54, 1.807) is 12.5 Å². The van der Waals surface area contributed by atoms with Crippen molar-refractivity contribution in [3.05, 3.63) is 24.5 Å². The van der Waals surface area contributed by atoms with Crippen LogP contribution in [-0.2, 0) is 9.53 Å². The van der Waals surface area contributed by atoms with Gasteiger partial charge >= 0.3 is 0 Å². The van der Waals surface area contributed by atoms with Crippen LogP contribution in [0, 0.1) is 0 Å². The maximum Gasteiger partial charge on any atom is 0.169 e. The standard InChI is InChI=1S/C7H6N2O2/c10-4-6-3-9-1-2-11-5-7(9)8-6/h1-2,4-5H,3H2. The largest absolute Gasteiger partial charge is 0.467 e. The predicted molar refractivity (Wildman–Crippen MR) is 38.5 cm³/mol. The molecule has 11 heavy (non-hydrogen) atoms. The van der Waals surface area contributed by atoms with Crippen molar-refractivity contribution >= 4 is 12.0 Å². The highest BCUT2D eigenvalue weighted by Crippen LogP contribution is 2.17. The summed E-state index contributed by atoms with van der Waals surface area (Å²) in [7, 11) is 0. The SMILES string of the molecule is O=CC1=NC2=COC=CN2C1. The number of carbonyl (C=O) groups excluding carboxylic acids is 1. The minimum atomic E-state index is 0.534. The Kier molecular flexibility index (Phi) is 1.25. The summed E-state index contributed by atoms with van der Waals surface area (Å²) in [5.74, 6) is 0.689. The van der Waals surface area contributed by atoms with Crippen molar-refractivity contribution in [2.45, 2.75) is 0 Å². The van der Waals surface area contributed by atoms with Crippen LogP contribution in [0.2, 0.25) is 0 Å². The second kappa shape index (κ2) is 2.23. The topological polar surface area (TPSA) is 41.9 Å². The highest BCUT2D eigenvalue weighted by Gasteiger charge is 2.19. The van der Waals surface area contributed by atoms with E-state index < -0.39 is 0 Å². The second-order valence-electron chi connectivity index (χ2n) is 2.25. The van der Waals surface area contributed by atoms with E-state index in [2.05, 4.69) is 4.99 Å². The van der Waals surface area contributed by atoms with Crippen LogP contribution >= 0.6 is 0 Å². The first kappa shape index (κ1) is 6.15. The Labute approximate surface area is 63.5 Å². The van der Waals surface area contributed by atoms with Crippen molar-refractivity contribution in [3.63, 3.8) is 0 Å². The summed E-state index contributed by atoms with van der Waals surface area (Å²) < 4.78 is 4.87. The van der Waals surface area contributed by atoms with E-state index in [9.17, 15) is 4.79 Å². The normalized spacial score (nSPS) is 20.2. The van der Waals surface area contributed by atoms with Crippen molar-refractivity contribution < 1.29 is 9.53 Å². The number of rotatable bonds is 1. The zero-order chi connectivity index (χ0) is 7.68. The number of hydrogen-bond acceptors (Lipinski definition) is 4. The summed E-state index contributed by atoms with van der Waals surface area (Å²) in [6.45, 7) is 0.551. The number of aldehydes is 1. The average Bonchev–Trinajstić information content (AvgIpc) is 2.46. The third-order valence-corrected chi connectivity index (χ3v) is 1.51. The van der Waals surface area contributed by atoms with Crippen LogP contribution in [0.1, 0.15) is 0 Å². The van der Waals surface area contributed by atoms with Gasteiger partial charge in [-0.1, -0.05) is 0 Å². The van der Waals surface area contributed by atoms with Gasteiger partial charge in [-0.3, -0.25) is 4.79 Å². The van der Waals surface area contributed by atoms with Crippen LogP contribution in [0.3, 0.4) is 0 Å². The molecule has 56 valence electrons. The third kappa shape index (κ3) is 0.920. The smallest absolute Gasteiger partial charge is 0.169 e. The molecule has 4 nitrogen and oxygen atoms in total. The van der Waals surface area contributed by atoms with Gasteiger partial charge in [-0.15, -0.1) is 0 Å². The van der Waals surface area contributed by atoms with Crippen LogP contribution in [0.15, 0.2) is 29.5 Å². The molecule has 0 radical (unpaired) electrons. The van der Waals surface area contributed by atoms with E-state index in [-0.39, 0.29) is 0 Å². The van der Waals surface area contributed by atoms with Gasteiger partial charge in [0.25, 0.3) is 0 Å². The van der Waals surface area contributed by atoms with Crippen molar-refractivity contribution in [1.29, 1.82) is 0 Å². The predicted octanol–water partition coefficient (Wildman–Crippen LogP) is 0.242. The number of fused-ring (bicyclic) bond motifs is 1. The average molecular weight is 150 g/mol. The lowest BCUT2D eigenvalue weighted by Crippen LogP contribution is -2.17. The van der Waals surface area contributed by atoms with Gasteiger partial charge in [-0.2, -0.15) is 0 Å². The molecular weight excluding hydrogens is 144 g/mol. The molecule has 0 saturated heterocycles. The summed E-state index contributed by atoms with van der Waals surface area (Å²) in [5.41, 5.74) is 0.534.